The zero-order chi connectivity index (χ0) is 19.6. The van der Waals surface area contributed by atoms with Gasteiger partial charge in [-0.3, -0.25) is 15.0 Å². The summed E-state index contributed by atoms with van der Waals surface area (Å²) in [5, 5.41) is 12.5. The minimum Gasteiger partial charge on any atom is -0.340 e. The normalized spacial score (nSPS) is 31.2. The topological polar surface area (TPSA) is 71.7 Å². The van der Waals surface area contributed by atoms with E-state index in [1.807, 2.05) is 6.07 Å². The van der Waals surface area contributed by atoms with E-state index in [0.717, 1.165) is 58.4 Å². The van der Waals surface area contributed by atoms with Crippen LogP contribution in [0.25, 0.3) is 0 Å². The second kappa shape index (κ2) is 7.92. The van der Waals surface area contributed by atoms with Gasteiger partial charge in [-0.25, -0.2) is 4.99 Å². The van der Waals surface area contributed by atoms with Crippen LogP contribution in [-0.2, 0) is 11.3 Å². The van der Waals surface area contributed by atoms with Gasteiger partial charge in [-0.15, -0.1) is 0 Å². The molecule has 4 rings (SSSR count). The highest BCUT2D eigenvalue weighted by molar-refractivity contribution is 6.02. The van der Waals surface area contributed by atoms with Crippen LogP contribution in [0.3, 0.4) is 0 Å². The van der Waals surface area contributed by atoms with Gasteiger partial charge < -0.3 is 4.90 Å². The molecule has 148 valence electrons. The van der Waals surface area contributed by atoms with E-state index < -0.39 is 11.5 Å². The third-order valence-electron chi connectivity index (χ3n) is 6.55. The largest absolute Gasteiger partial charge is 0.340 e. The van der Waals surface area contributed by atoms with Crippen LogP contribution >= 0.6 is 0 Å². The average Bonchev–Trinajstić information content (AvgIpc) is 2.71. The molecule has 3 aliphatic rings. The lowest BCUT2D eigenvalue weighted by Gasteiger charge is -2.44. The Labute approximate surface area is 167 Å². The highest BCUT2D eigenvalue weighted by atomic mass is 16.2. The second-order valence-corrected chi connectivity index (χ2v) is 8.52. The number of hydrogen-bond acceptors (Lipinski definition) is 5. The van der Waals surface area contributed by atoms with Crippen molar-refractivity contribution in [3.05, 3.63) is 35.9 Å². The molecule has 1 spiro atoms. The van der Waals surface area contributed by atoms with Crippen LogP contribution in [0.2, 0.25) is 0 Å². The first-order valence-corrected chi connectivity index (χ1v) is 10.4. The van der Waals surface area contributed by atoms with E-state index in [9.17, 15) is 10.1 Å². The molecule has 0 aromatic heterocycles. The van der Waals surface area contributed by atoms with Crippen molar-refractivity contribution < 1.29 is 4.79 Å². The molecule has 2 fully saturated rings. The summed E-state index contributed by atoms with van der Waals surface area (Å²) in [5.74, 6) is 0.498. The van der Waals surface area contributed by atoms with E-state index in [0.29, 0.717) is 11.9 Å². The van der Waals surface area contributed by atoms with Gasteiger partial charge >= 0.3 is 0 Å². The monoisotopic (exact) mass is 379 g/mol. The van der Waals surface area contributed by atoms with Gasteiger partial charge in [0.15, 0.2) is 5.92 Å². The Morgan fingerprint density at radius 3 is 2.50 bits per heavy atom. The van der Waals surface area contributed by atoms with Gasteiger partial charge in [0.05, 0.1) is 11.6 Å². The number of carbonyl (C=O) groups excluding carboxylic acids is 1. The third-order valence-corrected chi connectivity index (χ3v) is 6.55. The second-order valence-electron chi connectivity index (χ2n) is 8.52. The van der Waals surface area contributed by atoms with Crippen LogP contribution in [0, 0.1) is 23.2 Å². The number of rotatable bonds is 2. The standard InChI is InChI=1S/C22H29N5O/c1-17-7-9-22(10-8-17)19(15-23)20(28)24-21(25-22)27-13-11-26(12-14-27)16-18-5-3-2-4-6-18/h2-6,17,19H,7-14,16H2,1H3,(H,24,25,28)/t17?,19-,22?/m1/s1. The summed E-state index contributed by atoms with van der Waals surface area (Å²) in [6.45, 7) is 6.76. The van der Waals surface area contributed by atoms with Crippen molar-refractivity contribution in [3.63, 3.8) is 0 Å². The SMILES string of the molecule is CC1CCC2(CC1)N=C(N1CCN(Cc3ccccc3)CC1)NC(=O)[C@H]2C#N. The van der Waals surface area contributed by atoms with E-state index in [-0.39, 0.29) is 5.91 Å². The maximum atomic E-state index is 12.7. The smallest absolute Gasteiger partial charge is 0.246 e. The van der Waals surface area contributed by atoms with Gasteiger partial charge in [-0.05, 0) is 37.2 Å². The molecule has 1 aromatic rings. The molecule has 6 nitrogen and oxygen atoms in total. The summed E-state index contributed by atoms with van der Waals surface area (Å²) in [5.41, 5.74) is 0.798. The average molecular weight is 380 g/mol. The van der Waals surface area contributed by atoms with Gasteiger partial charge in [-0.2, -0.15) is 5.26 Å². The maximum Gasteiger partial charge on any atom is 0.246 e. The van der Waals surface area contributed by atoms with Gasteiger partial charge in [-0.1, -0.05) is 37.3 Å². The number of aliphatic imine (C=N–C) groups is 1. The van der Waals surface area contributed by atoms with E-state index in [4.69, 9.17) is 4.99 Å². The van der Waals surface area contributed by atoms with Gasteiger partial charge in [0.2, 0.25) is 11.9 Å². The van der Waals surface area contributed by atoms with Crippen molar-refractivity contribution in [3.8, 4) is 6.07 Å². The van der Waals surface area contributed by atoms with Crippen molar-refractivity contribution in [2.45, 2.75) is 44.7 Å². The number of nitrogens with one attached hydrogen (secondary N) is 1. The fourth-order valence-electron chi connectivity index (χ4n) is 4.68. The summed E-state index contributed by atoms with van der Waals surface area (Å²) >= 11 is 0. The van der Waals surface area contributed by atoms with Crippen LogP contribution in [0.1, 0.15) is 38.2 Å². The third kappa shape index (κ3) is 3.77. The molecular formula is C22H29N5O. The molecule has 0 unspecified atom stereocenters. The van der Waals surface area contributed by atoms with Gasteiger partial charge in [0, 0.05) is 32.7 Å². The number of guanidine groups is 1. The lowest BCUT2D eigenvalue weighted by molar-refractivity contribution is -0.125. The summed E-state index contributed by atoms with van der Waals surface area (Å²) in [6.07, 6.45) is 3.73. The van der Waals surface area contributed by atoms with Gasteiger partial charge in [0.25, 0.3) is 0 Å². The predicted octanol–water partition coefficient (Wildman–Crippen LogP) is 2.38. The Morgan fingerprint density at radius 2 is 1.86 bits per heavy atom. The van der Waals surface area contributed by atoms with Crippen LogP contribution in [0.15, 0.2) is 35.3 Å². The summed E-state index contributed by atoms with van der Waals surface area (Å²) < 4.78 is 0. The van der Waals surface area contributed by atoms with Crippen molar-refractivity contribution in [1.82, 2.24) is 15.1 Å². The molecule has 1 aliphatic carbocycles. The van der Waals surface area contributed by atoms with Crippen molar-refractivity contribution >= 4 is 11.9 Å². The number of carbonyl (C=O) groups is 1. The first-order chi connectivity index (χ1) is 13.6. The zero-order valence-corrected chi connectivity index (χ0v) is 16.6. The molecule has 1 saturated heterocycles. The molecule has 0 bridgehead atoms. The lowest BCUT2D eigenvalue weighted by Crippen LogP contribution is -2.60. The quantitative estimate of drug-likeness (QED) is 0.856. The fraction of sp³-hybridized carbons (Fsp3) is 0.591. The highest BCUT2D eigenvalue weighted by Gasteiger charge is 2.49. The number of benzene rings is 1. The molecule has 6 heteroatoms. The molecule has 1 saturated carbocycles. The van der Waals surface area contributed by atoms with Crippen molar-refractivity contribution in [1.29, 1.82) is 5.26 Å². The number of nitrogens with zero attached hydrogens (tertiary/aromatic N) is 4. The summed E-state index contributed by atoms with van der Waals surface area (Å²) in [6, 6.07) is 12.8. The summed E-state index contributed by atoms with van der Waals surface area (Å²) in [7, 11) is 0. The van der Waals surface area contributed by atoms with Crippen molar-refractivity contribution in [2.75, 3.05) is 26.2 Å². The minimum atomic E-state index is -0.664. The van der Waals surface area contributed by atoms with Gasteiger partial charge in [0.1, 0.15) is 0 Å². The Kier molecular flexibility index (Phi) is 5.36. The number of nitriles is 1. The minimum absolute atomic E-state index is 0.172. The van der Waals surface area contributed by atoms with Crippen LogP contribution in [0.5, 0.6) is 0 Å². The molecule has 0 radical (unpaired) electrons. The number of piperazine rings is 1. The first kappa shape index (κ1) is 18.9. The molecule has 1 atom stereocenters. The lowest BCUT2D eigenvalue weighted by atomic mass is 9.70. The van der Waals surface area contributed by atoms with E-state index in [1.54, 1.807) is 0 Å². The molecule has 1 N–H and O–H groups in total. The van der Waals surface area contributed by atoms with Crippen molar-refractivity contribution in [2.24, 2.45) is 16.8 Å². The first-order valence-electron chi connectivity index (χ1n) is 10.4. The van der Waals surface area contributed by atoms with Crippen LogP contribution in [-0.4, -0.2) is 53.4 Å². The number of amides is 1. The fourth-order valence-corrected chi connectivity index (χ4v) is 4.68. The Balaban J connectivity index is 1.45. The van der Waals surface area contributed by atoms with E-state index in [2.05, 4.69) is 52.4 Å². The van der Waals surface area contributed by atoms with Crippen LogP contribution < -0.4 is 5.32 Å². The number of hydrogen-bond donors (Lipinski definition) is 1. The zero-order valence-electron chi connectivity index (χ0n) is 16.6. The molecular weight excluding hydrogens is 350 g/mol. The molecule has 2 aliphatic heterocycles. The van der Waals surface area contributed by atoms with Crippen LogP contribution in [0.4, 0.5) is 0 Å². The van der Waals surface area contributed by atoms with E-state index >= 15 is 0 Å². The Hall–Kier alpha value is -2.39. The summed E-state index contributed by atoms with van der Waals surface area (Å²) in [4.78, 5) is 22.3. The van der Waals surface area contributed by atoms with E-state index in [1.165, 1.54) is 5.56 Å². The Morgan fingerprint density at radius 1 is 1.18 bits per heavy atom. The predicted molar refractivity (Wildman–Crippen MR) is 108 cm³/mol. The molecule has 1 amide bonds. The maximum absolute atomic E-state index is 12.7. The molecule has 2 heterocycles. The molecule has 28 heavy (non-hydrogen) atoms. The highest BCUT2D eigenvalue weighted by Crippen LogP contribution is 2.41. The Bertz CT molecular complexity index is 768. The molecule has 1 aromatic carbocycles.